The van der Waals surface area contributed by atoms with E-state index in [1.165, 1.54) is 0 Å². The molecule has 1 aliphatic heterocycles. The second kappa shape index (κ2) is 8.61. The topological polar surface area (TPSA) is 80.8 Å². The normalized spacial score (nSPS) is 20.7. The zero-order valence-corrected chi connectivity index (χ0v) is 16.6. The second-order valence-corrected chi connectivity index (χ2v) is 7.79. The molecule has 30 heavy (non-hydrogen) atoms. The van der Waals surface area contributed by atoms with Gasteiger partial charge in [-0.15, -0.1) is 0 Å². The molecule has 2 amide bonds. The summed E-state index contributed by atoms with van der Waals surface area (Å²) >= 11 is 0. The summed E-state index contributed by atoms with van der Waals surface area (Å²) in [5.74, 6) is -2.26. The van der Waals surface area contributed by atoms with E-state index in [-0.39, 0.29) is 29.4 Å². The summed E-state index contributed by atoms with van der Waals surface area (Å²) in [6.07, 6.45) is 3.24. The fraction of sp³-hybridized carbons (Fsp3) is 0.333. The van der Waals surface area contributed by atoms with E-state index in [9.17, 15) is 19.2 Å². The first-order chi connectivity index (χ1) is 14.5. The lowest BCUT2D eigenvalue weighted by Gasteiger charge is -2.19. The minimum absolute atomic E-state index is 0.288. The number of benzene rings is 2. The SMILES string of the molecule is O=C(CN1C(=O)[C@H]2CCCC[C@H]2C1=O)OCC(=O)c1ccc(-c2ccccc2)cc1. The fourth-order valence-electron chi connectivity index (χ4n) is 4.27. The molecule has 0 spiro atoms. The maximum Gasteiger partial charge on any atom is 0.326 e. The van der Waals surface area contributed by atoms with Gasteiger partial charge in [0.05, 0.1) is 11.8 Å². The molecule has 1 saturated carbocycles. The lowest BCUT2D eigenvalue weighted by Crippen LogP contribution is -2.37. The van der Waals surface area contributed by atoms with Crippen molar-refractivity contribution in [3.63, 3.8) is 0 Å². The molecule has 2 fully saturated rings. The van der Waals surface area contributed by atoms with Crippen LogP contribution < -0.4 is 0 Å². The van der Waals surface area contributed by atoms with E-state index in [1.807, 2.05) is 42.5 Å². The minimum Gasteiger partial charge on any atom is -0.456 e. The van der Waals surface area contributed by atoms with Crippen LogP contribution in [-0.2, 0) is 19.1 Å². The molecule has 4 rings (SSSR count). The molecule has 1 saturated heterocycles. The van der Waals surface area contributed by atoms with Crippen molar-refractivity contribution in [2.75, 3.05) is 13.2 Å². The highest BCUT2D eigenvalue weighted by atomic mass is 16.5. The van der Waals surface area contributed by atoms with E-state index in [1.54, 1.807) is 12.1 Å². The maximum absolute atomic E-state index is 12.4. The van der Waals surface area contributed by atoms with Gasteiger partial charge >= 0.3 is 5.97 Å². The first kappa shape index (κ1) is 20.0. The fourth-order valence-corrected chi connectivity index (χ4v) is 4.27. The van der Waals surface area contributed by atoms with Gasteiger partial charge in [0, 0.05) is 5.56 Å². The molecule has 0 N–H and O–H groups in total. The van der Waals surface area contributed by atoms with Crippen molar-refractivity contribution in [2.24, 2.45) is 11.8 Å². The van der Waals surface area contributed by atoms with Gasteiger partial charge in [0.15, 0.2) is 12.4 Å². The minimum atomic E-state index is -0.746. The van der Waals surface area contributed by atoms with Gasteiger partial charge in [0.1, 0.15) is 6.54 Å². The first-order valence-electron chi connectivity index (χ1n) is 10.2. The predicted molar refractivity (Wildman–Crippen MR) is 109 cm³/mol. The first-order valence-corrected chi connectivity index (χ1v) is 10.2. The van der Waals surface area contributed by atoms with Crippen molar-refractivity contribution in [1.82, 2.24) is 4.90 Å². The van der Waals surface area contributed by atoms with Crippen molar-refractivity contribution in [3.05, 3.63) is 60.2 Å². The summed E-state index contributed by atoms with van der Waals surface area (Å²) in [7, 11) is 0. The third-order valence-corrected chi connectivity index (χ3v) is 5.90. The van der Waals surface area contributed by atoms with Crippen LogP contribution in [0.25, 0.3) is 11.1 Å². The number of hydrogen-bond acceptors (Lipinski definition) is 5. The Morgan fingerprint density at radius 1 is 0.833 bits per heavy atom. The molecule has 0 bridgehead atoms. The average Bonchev–Trinajstić information content (AvgIpc) is 3.03. The molecule has 6 heteroatoms. The number of hydrogen-bond donors (Lipinski definition) is 0. The number of ketones is 1. The molecular formula is C24H23NO5. The standard InChI is InChI=1S/C24H23NO5/c26-21(18-12-10-17(11-13-18)16-6-2-1-3-7-16)15-30-22(27)14-25-23(28)19-8-4-5-9-20(19)24(25)29/h1-3,6-7,10-13,19-20H,4-5,8-9,14-15H2/t19-,20+. The van der Waals surface area contributed by atoms with E-state index < -0.39 is 19.1 Å². The monoisotopic (exact) mass is 405 g/mol. The Kier molecular flexibility index (Phi) is 5.74. The van der Waals surface area contributed by atoms with Crippen LogP contribution in [0.5, 0.6) is 0 Å². The number of fused-ring (bicyclic) bond motifs is 1. The molecule has 1 aliphatic carbocycles. The quantitative estimate of drug-likeness (QED) is 0.419. The second-order valence-electron chi connectivity index (χ2n) is 7.79. The van der Waals surface area contributed by atoms with Crippen LogP contribution in [0.2, 0.25) is 0 Å². The summed E-state index contributed by atoms with van der Waals surface area (Å²) < 4.78 is 5.05. The summed E-state index contributed by atoms with van der Waals surface area (Å²) in [4.78, 5) is 50.3. The molecular weight excluding hydrogens is 382 g/mol. The smallest absolute Gasteiger partial charge is 0.326 e. The molecule has 1 heterocycles. The van der Waals surface area contributed by atoms with Gasteiger partial charge in [-0.3, -0.25) is 24.1 Å². The zero-order valence-electron chi connectivity index (χ0n) is 16.6. The molecule has 154 valence electrons. The number of ether oxygens (including phenoxy) is 1. The van der Waals surface area contributed by atoms with E-state index in [0.717, 1.165) is 28.9 Å². The number of carbonyl (C=O) groups excluding carboxylic acids is 4. The van der Waals surface area contributed by atoms with Crippen LogP contribution in [0.15, 0.2) is 54.6 Å². The number of esters is 1. The molecule has 0 radical (unpaired) electrons. The summed E-state index contributed by atoms with van der Waals surface area (Å²) in [6.45, 7) is -0.850. The molecule has 0 unspecified atom stereocenters. The highest BCUT2D eigenvalue weighted by molar-refractivity contribution is 6.07. The van der Waals surface area contributed by atoms with Crippen LogP contribution in [0, 0.1) is 11.8 Å². The number of carbonyl (C=O) groups is 4. The maximum atomic E-state index is 12.4. The number of imide groups is 1. The molecule has 2 aromatic rings. The summed E-state index contributed by atoms with van der Waals surface area (Å²) in [5.41, 5.74) is 2.46. The number of likely N-dealkylation sites (tertiary alicyclic amines) is 1. The van der Waals surface area contributed by atoms with Crippen LogP contribution in [0.1, 0.15) is 36.0 Å². The number of nitrogens with zero attached hydrogens (tertiary/aromatic N) is 1. The van der Waals surface area contributed by atoms with Gasteiger partial charge in [-0.05, 0) is 24.0 Å². The van der Waals surface area contributed by atoms with Gasteiger partial charge in [-0.2, -0.15) is 0 Å². The zero-order chi connectivity index (χ0) is 21.1. The van der Waals surface area contributed by atoms with Gasteiger partial charge in [0.2, 0.25) is 11.8 Å². The van der Waals surface area contributed by atoms with Gasteiger partial charge in [-0.25, -0.2) is 0 Å². The highest BCUT2D eigenvalue weighted by Gasteiger charge is 2.48. The Morgan fingerprint density at radius 2 is 1.40 bits per heavy atom. The number of amides is 2. The van der Waals surface area contributed by atoms with Crippen molar-refractivity contribution in [2.45, 2.75) is 25.7 Å². The Balaban J connectivity index is 1.31. The van der Waals surface area contributed by atoms with E-state index in [0.29, 0.717) is 18.4 Å². The lowest BCUT2D eigenvalue weighted by molar-refractivity contribution is -0.152. The van der Waals surface area contributed by atoms with Gasteiger partial charge in [0.25, 0.3) is 0 Å². The molecule has 0 aromatic heterocycles. The molecule has 2 aliphatic rings. The Bertz CT molecular complexity index is 943. The third-order valence-electron chi connectivity index (χ3n) is 5.90. The van der Waals surface area contributed by atoms with E-state index in [4.69, 9.17) is 4.74 Å². The highest BCUT2D eigenvalue weighted by Crippen LogP contribution is 2.37. The Labute approximate surface area is 174 Å². The molecule has 2 aromatic carbocycles. The van der Waals surface area contributed by atoms with Crippen LogP contribution in [0.3, 0.4) is 0 Å². The number of Topliss-reactive ketones (excluding diaryl/α,β-unsaturated/α-hetero) is 1. The van der Waals surface area contributed by atoms with Crippen LogP contribution in [0.4, 0.5) is 0 Å². The number of rotatable bonds is 6. The molecule has 6 nitrogen and oxygen atoms in total. The largest absolute Gasteiger partial charge is 0.456 e. The Hall–Kier alpha value is -3.28. The Morgan fingerprint density at radius 3 is 2.00 bits per heavy atom. The van der Waals surface area contributed by atoms with E-state index >= 15 is 0 Å². The van der Waals surface area contributed by atoms with Crippen molar-refractivity contribution < 1.29 is 23.9 Å². The van der Waals surface area contributed by atoms with Crippen molar-refractivity contribution in [1.29, 1.82) is 0 Å². The summed E-state index contributed by atoms with van der Waals surface area (Å²) in [6, 6.07) is 16.9. The van der Waals surface area contributed by atoms with Crippen molar-refractivity contribution in [3.8, 4) is 11.1 Å². The lowest BCUT2D eigenvalue weighted by atomic mass is 9.81. The van der Waals surface area contributed by atoms with Crippen LogP contribution in [-0.4, -0.2) is 41.6 Å². The third kappa shape index (κ3) is 4.03. The van der Waals surface area contributed by atoms with Gasteiger partial charge < -0.3 is 4.74 Å². The van der Waals surface area contributed by atoms with Crippen LogP contribution >= 0.6 is 0 Å². The predicted octanol–water partition coefficient (Wildman–Crippen LogP) is 3.25. The summed E-state index contributed by atoms with van der Waals surface area (Å²) in [5, 5.41) is 0. The van der Waals surface area contributed by atoms with Gasteiger partial charge in [-0.1, -0.05) is 67.4 Å². The molecule has 2 atom stereocenters. The van der Waals surface area contributed by atoms with Crippen molar-refractivity contribution >= 4 is 23.6 Å². The van der Waals surface area contributed by atoms with E-state index in [2.05, 4.69) is 0 Å². The average molecular weight is 405 g/mol.